The summed E-state index contributed by atoms with van der Waals surface area (Å²) in [5.74, 6) is 0.588. The van der Waals surface area contributed by atoms with Crippen LogP contribution in [-0.2, 0) is 11.8 Å². The number of fused-ring (bicyclic) bond motifs is 1. The van der Waals surface area contributed by atoms with Crippen LogP contribution in [0, 0.1) is 27.7 Å². The van der Waals surface area contributed by atoms with E-state index < -0.39 is 0 Å². The third-order valence-corrected chi connectivity index (χ3v) is 7.34. The molecule has 0 saturated heterocycles. The summed E-state index contributed by atoms with van der Waals surface area (Å²) < 4.78 is 3.29. The fourth-order valence-electron chi connectivity index (χ4n) is 3.44. The molecule has 0 saturated carbocycles. The van der Waals surface area contributed by atoms with Gasteiger partial charge < -0.3 is 5.32 Å². The lowest BCUT2D eigenvalue weighted by Gasteiger charge is -2.07. The van der Waals surface area contributed by atoms with E-state index in [9.17, 15) is 9.59 Å². The monoisotopic (exact) mass is 453 g/mol. The lowest BCUT2D eigenvalue weighted by Crippen LogP contribution is -2.23. The minimum atomic E-state index is -0.255. The van der Waals surface area contributed by atoms with Gasteiger partial charge in [-0.05, 0) is 45.4 Å². The van der Waals surface area contributed by atoms with Gasteiger partial charge in [0.2, 0.25) is 5.91 Å². The summed E-state index contributed by atoms with van der Waals surface area (Å²) in [5, 5.41) is 4.61. The van der Waals surface area contributed by atoms with Crippen molar-refractivity contribution in [3.8, 4) is 5.69 Å². The van der Waals surface area contributed by atoms with E-state index in [-0.39, 0.29) is 17.2 Å². The zero-order chi connectivity index (χ0) is 22.3. The number of nitrogens with one attached hydrogen (secondary N) is 1. The van der Waals surface area contributed by atoms with Crippen molar-refractivity contribution in [1.29, 1.82) is 0 Å². The average Bonchev–Trinajstić information content (AvgIpc) is 3.14. The summed E-state index contributed by atoms with van der Waals surface area (Å²) in [5.41, 5.74) is 2.62. The Morgan fingerprint density at radius 1 is 1.13 bits per heavy atom. The number of rotatable bonds is 5. The molecule has 160 valence electrons. The lowest BCUT2D eigenvalue weighted by atomic mass is 10.2. The van der Waals surface area contributed by atoms with E-state index in [1.165, 1.54) is 16.6 Å². The van der Waals surface area contributed by atoms with E-state index in [0.717, 1.165) is 26.5 Å². The van der Waals surface area contributed by atoms with E-state index in [2.05, 4.69) is 29.1 Å². The molecule has 0 spiro atoms. The summed E-state index contributed by atoms with van der Waals surface area (Å²) in [6.07, 6.45) is 0. The topological polar surface area (TPSA) is 81.8 Å². The molecule has 3 heterocycles. The van der Waals surface area contributed by atoms with Crippen molar-refractivity contribution in [2.45, 2.75) is 32.7 Å². The Morgan fingerprint density at radius 3 is 2.55 bits per heavy atom. The van der Waals surface area contributed by atoms with Crippen LogP contribution in [0.2, 0.25) is 0 Å². The number of amides is 1. The van der Waals surface area contributed by atoms with Gasteiger partial charge in [-0.3, -0.25) is 14.3 Å². The normalized spacial score (nSPS) is 11.3. The van der Waals surface area contributed by atoms with Gasteiger partial charge in [-0.2, -0.15) is 0 Å². The molecule has 1 aromatic carbocycles. The number of carbonyl (C=O) groups is 1. The Bertz CT molecular complexity index is 1350. The molecular formula is C22H23N5O2S2. The predicted molar refractivity (Wildman–Crippen MR) is 127 cm³/mol. The minimum absolute atomic E-state index is 0.152. The minimum Gasteiger partial charge on any atom is -0.319 e. The van der Waals surface area contributed by atoms with Crippen LogP contribution < -0.4 is 10.9 Å². The highest BCUT2D eigenvalue weighted by Crippen LogP contribution is 2.35. The highest BCUT2D eigenvalue weighted by Gasteiger charge is 2.19. The molecule has 4 rings (SSSR count). The van der Waals surface area contributed by atoms with Gasteiger partial charge in [-0.1, -0.05) is 30.0 Å². The maximum Gasteiger partial charge on any atom is 0.295 e. The summed E-state index contributed by atoms with van der Waals surface area (Å²) in [4.78, 5) is 36.9. The molecule has 0 atom stereocenters. The second-order valence-electron chi connectivity index (χ2n) is 7.31. The highest BCUT2D eigenvalue weighted by atomic mass is 32.2. The number of carbonyl (C=O) groups excluding carboxylic acids is 1. The van der Waals surface area contributed by atoms with Gasteiger partial charge in [0, 0.05) is 17.3 Å². The highest BCUT2D eigenvalue weighted by molar-refractivity contribution is 8.00. The second kappa shape index (κ2) is 8.32. The Balaban J connectivity index is 1.57. The molecule has 4 aromatic rings. The van der Waals surface area contributed by atoms with Gasteiger partial charge in [-0.25, -0.2) is 14.6 Å². The van der Waals surface area contributed by atoms with Crippen molar-refractivity contribution in [3.05, 3.63) is 62.6 Å². The van der Waals surface area contributed by atoms with Crippen molar-refractivity contribution in [2.24, 2.45) is 7.05 Å². The quantitative estimate of drug-likeness (QED) is 0.363. The number of hydrogen-bond donors (Lipinski definition) is 1. The second-order valence-corrected chi connectivity index (χ2v) is 9.48. The van der Waals surface area contributed by atoms with E-state index in [1.54, 1.807) is 27.7 Å². The maximum atomic E-state index is 13.0. The van der Waals surface area contributed by atoms with E-state index in [0.29, 0.717) is 17.2 Å². The standard InChI is InChI=1S/C22H23N5O2S2/c1-12-14(3)31-21-18(12)20(23-15(4)24-21)30-11-17(28)25-19-13(2)26(5)27(22(19)29)16-9-7-6-8-10-16/h6-10H,11H2,1-5H3,(H,25,28). The molecule has 7 nitrogen and oxygen atoms in total. The summed E-state index contributed by atoms with van der Waals surface area (Å²) >= 11 is 3.00. The van der Waals surface area contributed by atoms with Crippen LogP contribution in [0.5, 0.6) is 0 Å². The molecule has 0 aliphatic rings. The zero-order valence-corrected chi connectivity index (χ0v) is 19.6. The maximum absolute atomic E-state index is 13.0. The van der Waals surface area contributed by atoms with Gasteiger partial charge in [-0.15, -0.1) is 11.3 Å². The summed E-state index contributed by atoms with van der Waals surface area (Å²) in [6.45, 7) is 7.79. The number of thioether (sulfide) groups is 1. The number of benzene rings is 1. The molecule has 31 heavy (non-hydrogen) atoms. The van der Waals surface area contributed by atoms with Crippen LogP contribution in [0.1, 0.15) is 22.0 Å². The fraction of sp³-hybridized carbons (Fsp3) is 0.273. The summed E-state index contributed by atoms with van der Waals surface area (Å²) in [6, 6.07) is 9.36. The van der Waals surface area contributed by atoms with Crippen molar-refractivity contribution in [3.63, 3.8) is 0 Å². The van der Waals surface area contributed by atoms with Gasteiger partial charge in [0.25, 0.3) is 5.56 Å². The Labute approximate surface area is 188 Å². The molecule has 0 bridgehead atoms. The van der Waals surface area contributed by atoms with Crippen LogP contribution in [0.25, 0.3) is 15.9 Å². The van der Waals surface area contributed by atoms with Crippen LogP contribution in [0.3, 0.4) is 0 Å². The molecule has 0 aliphatic carbocycles. The number of aryl methyl sites for hydroxylation is 3. The Hall–Kier alpha value is -2.91. The van der Waals surface area contributed by atoms with E-state index in [1.807, 2.05) is 44.2 Å². The van der Waals surface area contributed by atoms with Gasteiger partial charge in [0.1, 0.15) is 21.4 Å². The lowest BCUT2D eigenvalue weighted by molar-refractivity contribution is -0.113. The first-order valence-corrected chi connectivity index (χ1v) is 11.6. The largest absolute Gasteiger partial charge is 0.319 e. The first-order chi connectivity index (χ1) is 14.8. The molecule has 1 N–H and O–H groups in total. The smallest absolute Gasteiger partial charge is 0.295 e. The first kappa shape index (κ1) is 21.3. The van der Waals surface area contributed by atoms with E-state index in [4.69, 9.17) is 0 Å². The number of aromatic nitrogens is 4. The van der Waals surface area contributed by atoms with Crippen molar-refractivity contribution in [2.75, 3.05) is 11.1 Å². The number of thiophene rings is 1. The predicted octanol–water partition coefficient (Wildman–Crippen LogP) is 4.15. The number of nitrogens with zero attached hydrogens (tertiary/aromatic N) is 4. The van der Waals surface area contributed by atoms with Crippen LogP contribution in [-0.4, -0.2) is 31.0 Å². The Morgan fingerprint density at radius 2 is 1.84 bits per heavy atom. The molecular weight excluding hydrogens is 430 g/mol. The Kier molecular flexibility index (Phi) is 5.72. The number of para-hydroxylation sites is 1. The van der Waals surface area contributed by atoms with Crippen LogP contribution in [0.4, 0.5) is 5.69 Å². The number of hydrogen-bond acceptors (Lipinski definition) is 6. The van der Waals surface area contributed by atoms with Gasteiger partial charge in [0.05, 0.1) is 17.1 Å². The first-order valence-electron chi connectivity index (χ1n) is 9.79. The van der Waals surface area contributed by atoms with Gasteiger partial charge in [0.15, 0.2) is 0 Å². The molecule has 9 heteroatoms. The van der Waals surface area contributed by atoms with Crippen molar-refractivity contribution in [1.82, 2.24) is 19.3 Å². The third-order valence-electron chi connectivity index (χ3n) is 5.27. The molecule has 0 fully saturated rings. The molecule has 0 radical (unpaired) electrons. The molecule has 0 aliphatic heterocycles. The van der Waals surface area contributed by atoms with Crippen molar-refractivity contribution < 1.29 is 4.79 Å². The average molecular weight is 454 g/mol. The third kappa shape index (κ3) is 3.90. The van der Waals surface area contributed by atoms with Gasteiger partial charge >= 0.3 is 0 Å². The zero-order valence-electron chi connectivity index (χ0n) is 18.0. The van der Waals surface area contributed by atoms with Crippen LogP contribution in [0.15, 0.2) is 40.2 Å². The fourth-order valence-corrected chi connectivity index (χ4v) is 5.51. The van der Waals surface area contributed by atoms with Crippen LogP contribution >= 0.6 is 23.1 Å². The SMILES string of the molecule is Cc1nc(SCC(=O)Nc2c(C)n(C)n(-c3ccccc3)c2=O)c2c(C)c(C)sc2n1. The van der Waals surface area contributed by atoms with Crippen molar-refractivity contribution >= 4 is 44.9 Å². The molecule has 1 amide bonds. The summed E-state index contributed by atoms with van der Waals surface area (Å²) in [7, 11) is 1.80. The number of anilines is 1. The van der Waals surface area contributed by atoms with E-state index >= 15 is 0 Å². The molecule has 3 aromatic heterocycles. The molecule has 0 unspecified atom stereocenters.